The molecule has 0 amide bonds. The molecule has 0 N–H and O–H groups in total. The predicted octanol–water partition coefficient (Wildman–Crippen LogP) is 0.945. The van der Waals surface area contributed by atoms with Gasteiger partial charge in [0.2, 0.25) is 0 Å². The topological polar surface area (TPSA) is 0 Å². The minimum absolute atomic E-state index is 0.308. The van der Waals surface area contributed by atoms with Gasteiger partial charge in [-0.2, -0.15) is 0 Å². The van der Waals surface area contributed by atoms with E-state index in [1.54, 1.807) is 0 Å². The van der Waals surface area contributed by atoms with Crippen molar-refractivity contribution in [3.8, 4) is 0 Å². The Balaban J connectivity index is 2.61. The number of alkyl halides is 1. The highest BCUT2D eigenvalue weighted by molar-refractivity contribution is 6.62. The molecule has 0 unspecified atom stereocenters. The molecule has 9 heavy (non-hydrogen) atoms. The molecule has 0 aliphatic heterocycles. The van der Waals surface area contributed by atoms with Crippen LogP contribution >= 0.6 is 11.6 Å². The fraction of sp³-hybridized carbons (Fsp3) is 0.143. The number of hydrogen-bond acceptors (Lipinski definition) is 0. The molecule has 0 heterocycles. The molecule has 0 saturated heterocycles. The minimum Gasteiger partial charge on any atom is -0.130 e. The Morgan fingerprint density at radius 2 is 1.89 bits per heavy atom. The summed E-state index contributed by atoms with van der Waals surface area (Å²) in [5.74, 6) is 0. The van der Waals surface area contributed by atoms with Crippen molar-refractivity contribution in [2.75, 3.05) is 5.50 Å². The number of hydrogen-bond donors (Lipinski definition) is 0. The average molecular weight is 156 g/mol. The van der Waals surface area contributed by atoms with Gasteiger partial charge in [0.1, 0.15) is 0 Å². The number of halogens is 1. The van der Waals surface area contributed by atoms with Crippen LogP contribution in [0.5, 0.6) is 0 Å². The highest BCUT2D eigenvalue weighted by Gasteiger charge is 1.87. The Kier molecular flexibility index (Phi) is 2.81. The van der Waals surface area contributed by atoms with Crippen molar-refractivity contribution < 1.29 is 0 Å². The maximum absolute atomic E-state index is 5.57. The van der Waals surface area contributed by atoms with Crippen LogP contribution in [0.3, 0.4) is 0 Å². The minimum atomic E-state index is 0.308. The van der Waals surface area contributed by atoms with Crippen molar-refractivity contribution in [3.63, 3.8) is 0 Å². The van der Waals surface area contributed by atoms with E-state index in [-0.39, 0.29) is 0 Å². The molecule has 0 aliphatic rings. The Bertz CT molecular complexity index is 162. The lowest BCUT2D eigenvalue weighted by Gasteiger charge is -1.91. The standard InChI is InChI=1S/C7H8ClSi/c8-6-9-7-4-2-1-3-5-7/h1-5,9H,6H2. The third-order valence-electron chi connectivity index (χ3n) is 1.11. The van der Waals surface area contributed by atoms with E-state index in [2.05, 4.69) is 24.3 Å². The van der Waals surface area contributed by atoms with Gasteiger partial charge in [0.25, 0.3) is 0 Å². The van der Waals surface area contributed by atoms with Gasteiger partial charge in [-0.3, -0.25) is 0 Å². The highest BCUT2D eigenvalue weighted by Crippen LogP contribution is 1.81. The van der Waals surface area contributed by atoms with Gasteiger partial charge in [0.05, 0.1) is 9.52 Å². The first-order valence-electron chi connectivity index (χ1n) is 2.87. The molecule has 0 atom stereocenters. The first kappa shape index (κ1) is 6.84. The number of rotatable bonds is 2. The van der Waals surface area contributed by atoms with E-state index < -0.39 is 0 Å². The zero-order valence-electron chi connectivity index (χ0n) is 5.05. The van der Waals surface area contributed by atoms with Crippen LogP contribution in [0.15, 0.2) is 30.3 Å². The van der Waals surface area contributed by atoms with E-state index in [0.717, 1.165) is 5.50 Å². The molecule has 47 valence electrons. The molecule has 0 aliphatic carbocycles. The summed E-state index contributed by atoms with van der Waals surface area (Å²) in [6.07, 6.45) is 0. The van der Waals surface area contributed by atoms with Gasteiger partial charge in [0.15, 0.2) is 0 Å². The van der Waals surface area contributed by atoms with Gasteiger partial charge < -0.3 is 0 Å². The van der Waals surface area contributed by atoms with Crippen LogP contribution in [0.25, 0.3) is 0 Å². The molecule has 1 aromatic carbocycles. The first-order valence-corrected chi connectivity index (χ1v) is 4.80. The van der Waals surface area contributed by atoms with Crippen molar-refractivity contribution >= 4 is 26.3 Å². The summed E-state index contributed by atoms with van der Waals surface area (Å²) in [6.45, 7) is 0. The van der Waals surface area contributed by atoms with Crippen LogP contribution in [0.4, 0.5) is 0 Å². The molecule has 0 bridgehead atoms. The Labute approximate surface area is 62.7 Å². The van der Waals surface area contributed by atoms with E-state index in [1.807, 2.05) is 6.07 Å². The van der Waals surface area contributed by atoms with Gasteiger partial charge in [0, 0.05) is 5.50 Å². The zero-order valence-corrected chi connectivity index (χ0v) is 6.96. The Morgan fingerprint density at radius 3 is 2.44 bits per heavy atom. The van der Waals surface area contributed by atoms with Crippen molar-refractivity contribution in [2.24, 2.45) is 0 Å². The molecule has 0 fully saturated rings. The van der Waals surface area contributed by atoms with Crippen LogP contribution in [-0.4, -0.2) is 15.0 Å². The zero-order chi connectivity index (χ0) is 6.53. The fourth-order valence-corrected chi connectivity index (χ4v) is 1.89. The van der Waals surface area contributed by atoms with Crippen LogP contribution in [0, 0.1) is 0 Å². The fourth-order valence-electron chi connectivity index (χ4n) is 0.678. The van der Waals surface area contributed by atoms with Crippen LogP contribution < -0.4 is 5.19 Å². The maximum Gasteiger partial charge on any atom is 0.0841 e. The van der Waals surface area contributed by atoms with Crippen molar-refractivity contribution in [3.05, 3.63) is 30.3 Å². The average Bonchev–Trinajstić information content (AvgIpc) is 1.91. The first-order chi connectivity index (χ1) is 4.43. The second-order valence-electron chi connectivity index (χ2n) is 1.77. The van der Waals surface area contributed by atoms with Crippen LogP contribution in [-0.2, 0) is 0 Å². The molecule has 1 radical (unpaired) electrons. The van der Waals surface area contributed by atoms with Crippen LogP contribution in [0.1, 0.15) is 0 Å². The molecule has 1 aromatic rings. The summed E-state index contributed by atoms with van der Waals surface area (Å²) >= 11 is 5.57. The monoisotopic (exact) mass is 155 g/mol. The lowest BCUT2D eigenvalue weighted by atomic mass is 10.4. The van der Waals surface area contributed by atoms with Gasteiger partial charge >= 0.3 is 0 Å². The van der Waals surface area contributed by atoms with E-state index in [9.17, 15) is 0 Å². The van der Waals surface area contributed by atoms with Gasteiger partial charge in [-0.05, 0) is 0 Å². The molecule has 0 saturated carbocycles. The molecule has 0 spiro atoms. The Morgan fingerprint density at radius 1 is 1.22 bits per heavy atom. The third-order valence-corrected chi connectivity index (χ3v) is 2.59. The second-order valence-corrected chi connectivity index (χ2v) is 4.08. The van der Waals surface area contributed by atoms with Gasteiger partial charge in [-0.1, -0.05) is 35.5 Å². The maximum atomic E-state index is 5.57. The lowest BCUT2D eigenvalue weighted by Crippen LogP contribution is -2.13. The number of benzene rings is 1. The summed E-state index contributed by atoms with van der Waals surface area (Å²) in [6, 6.07) is 10.4. The van der Waals surface area contributed by atoms with Crippen LogP contribution in [0.2, 0.25) is 0 Å². The normalized spacial score (nSPS) is 9.44. The second kappa shape index (κ2) is 3.70. The largest absolute Gasteiger partial charge is 0.130 e. The van der Waals surface area contributed by atoms with Crippen molar-refractivity contribution in [1.29, 1.82) is 0 Å². The molecule has 1 rings (SSSR count). The Hall–Kier alpha value is -0.273. The summed E-state index contributed by atoms with van der Waals surface area (Å²) < 4.78 is 0. The van der Waals surface area contributed by atoms with E-state index >= 15 is 0 Å². The van der Waals surface area contributed by atoms with Crippen molar-refractivity contribution in [1.82, 2.24) is 0 Å². The highest BCUT2D eigenvalue weighted by atomic mass is 35.5. The van der Waals surface area contributed by atoms with Gasteiger partial charge in [-0.15, -0.1) is 11.6 Å². The predicted molar refractivity (Wildman–Crippen MR) is 43.9 cm³/mol. The van der Waals surface area contributed by atoms with Gasteiger partial charge in [-0.25, -0.2) is 0 Å². The quantitative estimate of drug-likeness (QED) is 0.441. The van der Waals surface area contributed by atoms with Crippen molar-refractivity contribution in [2.45, 2.75) is 0 Å². The van der Waals surface area contributed by atoms with E-state index in [1.165, 1.54) is 5.19 Å². The molecular weight excluding hydrogens is 148 g/mol. The summed E-state index contributed by atoms with van der Waals surface area (Å²) in [7, 11) is 0.308. The summed E-state index contributed by atoms with van der Waals surface area (Å²) in [5.41, 5.74) is 0.796. The molecule has 0 aromatic heterocycles. The molecule has 2 heteroatoms. The third kappa shape index (κ3) is 2.20. The summed E-state index contributed by atoms with van der Waals surface area (Å²) in [4.78, 5) is 0. The smallest absolute Gasteiger partial charge is 0.0841 e. The summed E-state index contributed by atoms with van der Waals surface area (Å²) in [5, 5.41) is 1.40. The SMILES string of the molecule is ClC[SiH]c1ccccc1. The molecular formula is C7H8ClSi. The van der Waals surface area contributed by atoms with E-state index in [0.29, 0.717) is 9.52 Å². The molecule has 0 nitrogen and oxygen atoms in total. The van der Waals surface area contributed by atoms with E-state index in [4.69, 9.17) is 11.6 Å². The lowest BCUT2D eigenvalue weighted by molar-refractivity contribution is 1.76.